The van der Waals surface area contributed by atoms with Gasteiger partial charge < -0.3 is 19.3 Å². The van der Waals surface area contributed by atoms with Gasteiger partial charge in [0.05, 0.1) is 27.7 Å². The standard InChI is InChI=1S/C19H42N.C6H7NO2/c1-5-6-7-8-9-10-11-12-13-14-15-16-17-18-19-20(2,3)4;8-6(9)7-4-2-1-3-5-7/h5-19H2,1-4H3;1-4H,5H2,(H,8,9)/q+1;/p-1. The summed E-state index contributed by atoms with van der Waals surface area (Å²) in [5.74, 6) is 0. The van der Waals surface area contributed by atoms with E-state index < -0.39 is 6.09 Å². The number of quaternary nitrogens is 1. The number of carbonyl (C=O) groups excluding carboxylic acids is 1. The molecule has 0 aromatic heterocycles. The highest BCUT2D eigenvalue weighted by atomic mass is 16.4. The first-order valence-corrected chi connectivity index (χ1v) is 12.0. The molecule has 0 spiro atoms. The summed E-state index contributed by atoms with van der Waals surface area (Å²) in [7, 11) is 6.88. The van der Waals surface area contributed by atoms with Gasteiger partial charge in [0, 0.05) is 12.7 Å². The van der Waals surface area contributed by atoms with Crippen molar-refractivity contribution in [3.8, 4) is 0 Å². The maximum Gasteiger partial charge on any atom is 0.141 e. The molecule has 0 aliphatic carbocycles. The Labute approximate surface area is 181 Å². The van der Waals surface area contributed by atoms with Crippen molar-refractivity contribution < 1.29 is 14.4 Å². The zero-order chi connectivity index (χ0) is 21.8. The first kappa shape index (κ1) is 27.7. The number of hydrogen-bond donors (Lipinski definition) is 0. The van der Waals surface area contributed by atoms with E-state index in [4.69, 9.17) is 0 Å². The van der Waals surface area contributed by atoms with E-state index in [2.05, 4.69) is 28.1 Å². The number of allylic oxidation sites excluding steroid dienone is 2. The van der Waals surface area contributed by atoms with Crippen LogP contribution in [0.5, 0.6) is 0 Å². The van der Waals surface area contributed by atoms with Crippen LogP contribution in [0.25, 0.3) is 0 Å². The van der Waals surface area contributed by atoms with E-state index >= 15 is 0 Å². The van der Waals surface area contributed by atoms with Crippen molar-refractivity contribution in [1.82, 2.24) is 4.90 Å². The predicted octanol–water partition coefficient (Wildman–Crippen LogP) is 5.89. The Balaban J connectivity index is 0.000000717. The Kier molecular flexibility index (Phi) is 17.9. The van der Waals surface area contributed by atoms with Gasteiger partial charge in [-0.1, -0.05) is 96.1 Å². The van der Waals surface area contributed by atoms with E-state index in [1.807, 2.05) is 0 Å². The number of carboxylic acid groups (broad SMARTS) is 1. The maximum absolute atomic E-state index is 10.1. The zero-order valence-corrected chi connectivity index (χ0v) is 19.8. The number of nitrogens with zero attached hydrogens (tertiary/aromatic N) is 2. The number of hydrogen-bond acceptors (Lipinski definition) is 2. The Morgan fingerprint density at radius 2 is 1.24 bits per heavy atom. The van der Waals surface area contributed by atoms with Crippen molar-refractivity contribution in [1.29, 1.82) is 0 Å². The van der Waals surface area contributed by atoms with Crippen LogP contribution >= 0.6 is 0 Å². The average Bonchev–Trinajstić information content (AvgIpc) is 2.68. The van der Waals surface area contributed by atoms with Gasteiger partial charge in [0.25, 0.3) is 0 Å². The van der Waals surface area contributed by atoms with Gasteiger partial charge in [-0.05, 0) is 18.9 Å². The normalized spacial score (nSPS) is 13.3. The molecule has 0 N–H and O–H groups in total. The summed E-state index contributed by atoms with van der Waals surface area (Å²) in [4.78, 5) is 11.2. The minimum atomic E-state index is -1.16. The second-order valence-corrected chi connectivity index (χ2v) is 9.30. The largest absolute Gasteiger partial charge is 0.530 e. The summed E-state index contributed by atoms with van der Waals surface area (Å²) in [5, 5.41) is 10.1. The summed E-state index contributed by atoms with van der Waals surface area (Å²) in [6, 6.07) is 0. The molecule has 4 nitrogen and oxygen atoms in total. The molecule has 0 unspecified atom stereocenters. The van der Waals surface area contributed by atoms with Gasteiger partial charge in [-0.25, -0.2) is 0 Å². The molecule has 1 aliphatic rings. The van der Waals surface area contributed by atoms with Crippen molar-refractivity contribution >= 4 is 6.09 Å². The lowest BCUT2D eigenvalue weighted by molar-refractivity contribution is -0.870. The first-order chi connectivity index (χ1) is 13.9. The molecule has 4 heteroatoms. The molecule has 0 aromatic rings. The monoisotopic (exact) mass is 408 g/mol. The minimum absolute atomic E-state index is 0.402. The van der Waals surface area contributed by atoms with Crippen LogP contribution in [0.3, 0.4) is 0 Å². The van der Waals surface area contributed by atoms with Crippen LogP contribution in [0.15, 0.2) is 24.4 Å². The van der Waals surface area contributed by atoms with Crippen LogP contribution in [-0.4, -0.2) is 49.7 Å². The molecule has 0 aromatic carbocycles. The van der Waals surface area contributed by atoms with E-state index in [9.17, 15) is 9.90 Å². The molecule has 0 radical (unpaired) electrons. The van der Waals surface area contributed by atoms with Crippen LogP contribution in [0.4, 0.5) is 4.79 Å². The summed E-state index contributed by atoms with van der Waals surface area (Å²) in [5.41, 5.74) is 0. The predicted molar refractivity (Wildman–Crippen MR) is 124 cm³/mol. The molecule has 170 valence electrons. The first-order valence-electron chi connectivity index (χ1n) is 12.0. The highest BCUT2D eigenvalue weighted by Gasteiger charge is 2.04. The molecule has 1 aliphatic heterocycles. The van der Waals surface area contributed by atoms with Crippen molar-refractivity contribution in [2.24, 2.45) is 0 Å². The van der Waals surface area contributed by atoms with E-state index in [0.717, 1.165) is 9.38 Å². The molecular formula is C25H48N2O2. The molecule has 0 saturated heterocycles. The summed E-state index contributed by atoms with van der Waals surface area (Å²) in [6.45, 7) is 4.03. The Morgan fingerprint density at radius 3 is 1.55 bits per heavy atom. The topological polar surface area (TPSA) is 43.4 Å². The van der Waals surface area contributed by atoms with Crippen molar-refractivity contribution in [3.63, 3.8) is 0 Å². The second-order valence-electron chi connectivity index (χ2n) is 9.30. The fourth-order valence-electron chi connectivity index (χ4n) is 3.38. The lowest BCUT2D eigenvalue weighted by Gasteiger charge is -2.23. The fraction of sp³-hybridized carbons (Fsp3) is 0.800. The summed E-state index contributed by atoms with van der Waals surface area (Å²) >= 11 is 0. The molecule has 1 heterocycles. The Hall–Kier alpha value is -1.29. The number of carbonyl (C=O) groups is 1. The van der Waals surface area contributed by atoms with Gasteiger partial charge in [-0.15, -0.1) is 0 Å². The van der Waals surface area contributed by atoms with Gasteiger partial charge in [0.1, 0.15) is 6.09 Å². The summed E-state index contributed by atoms with van der Waals surface area (Å²) < 4.78 is 1.12. The quantitative estimate of drug-likeness (QED) is 0.250. The van der Waals surface area contributed by atoms with Crippen LogP contribution < -0.4 is 5.11 Å². The van der Waals surface area contributed by atoms with Gasteiger partial charge in [0.15, 0.2) is 0 Å². The van der Waals surface area contributed by atoms with E-state index in [1.54, 1.807) is 18.2 Å². The highest BCUT2D eigenvalue weighted by Crippen LogP contribution is 2.13. The van der Waals surface area contributed by atoms with Gasteiger partial charge >= 0.3 is 0 Å². The van der Waals surface area contributed by atoms with Crippen LogP contribution in [0.2, 0.25) is 0 Å². The minimum Gasteiger partial charge on any atom is -0.530 e. The smallest absolute Gasteiger partial charge is 0.141 e. The van der Waals surface area contributed by atoms with Crippen molar-refractivity contribution in [2.45, 2.75) is 96.8 Å². The van der Waals surface area contributed by atoms with E-state index in [1.165, 1.54) is 103 Å². The van der Waals surface area contributed by atoms with Crippen LogP contribution in [0, 0.1) is 0 Å². The number of rotatable bonds is 15. The third kappa shape index (κ3) is 21.2. The Bertz CT molecular complexity index is 439. The maximum atomic E-state index is 10.1. The van der Waals surface area contributed by atoms with Crippen LogP contribution in [-0.2, 0) is 0 Å². The lowest BCUT2D eigenvalue weighted by atomic mass is 10.0. The number of amides is 1. The van der Waals surface area contributed by atoms with Crippen LogP contribution in [0.1, 0.15) is 96.8 Å². The number of unbranched alkanes of at least 4 members (excludes halogenated alkanes) is 13. The van der Waals surface area contributed by atoms with Gasteiger partial charge in [-0.2, -0.15) is 0 Å². The van der Waals surface area contributed by atoms with Crippen molar-refractivity contribution in [2.75, 3.05) is 34.2 Å². The molecular weight excluding hydrogens is 360 g/mol. The second kappa shape index (κ2) is 18.7. The SMILES string of the molecule is CCCCCCCCCCCCCCCC[N+](C)(C)C.O=C([O-])N1C=CC=CC1. The molecule has 0 atom stereocenters. The van der Waals surface area contributed by atoms with Gasteiger partial charge in [0.2, 0.25) is 0 Å². The zero-order valence-electron chi connectivity index (χ0n) is 19.8. The van der Waals surface area contributed by atoms with E-state index in [-0.39, 0.29) is 0 Å². The van der Waals surface area contributed by atoms with E-state index in [0.29, 0.717) is 6.54 Å². The molecule has 0 saturated carbocycles. The molecule has 1 amide bonds. The average molecular weight is 409 g/mol. The fourth-order valence-corrected chi connectivity index (χ4v) is 3.38. The summed E-state index contributed by atoms with van der Waals surface area (Å²) in [6.07, 6.45) is 25.9. The lowest BCUT2D eigenvalue weighted by Crippen LogP contribution is -2.38. The van der Waals surface area contributed by atoms with Gasteiger partial charge in [-0.3, -0.25) is 0 Å². The Morgan fingerprint density at radius 1 is 0.793 bits per heavy atom. The van der Waals surface area contributed by atoms with Crippen molar-refractivity contribution in [3.05, 3.63) is 24.4 Å². The third-order valence-electron chi connectivity index (χ3n) is 5.23. The third-order valence-corrected chi connectivity index (χ3v) is 5.23. The molecule has 0 bridgehead atoms. The molecule has 0 fully saturated rings. The molecule has 29 heavy (non-hydrogen) atoms. The molecule has 1 rings (SSSR count). The highest BCUT2D eigenvalue weighted by molar-refractivity contribution is 5.64.